The molecule has 0 aliphatic carbocycles. The van der Waals surface area contributed by atoms with E-state index in [0.717, 1.165) is 18.7 Å². The summed E-state index contributed by atoms with van der Waals surface area (Å²) in [6, 6.07) is 8.11. The van der Waals surface area contributed by atoms with Crippen LogP contribution in [0.2, 0.25) is 0 Å². The number of hydrogen-bond acceptors (Lipinski definition) is 2. The van der Waals surface area contributed by atoms with E-state index < -0.39 is 0 Å². The molecule has 0 saturated carbocycles. The lowest BCUT2D eigenvalue weighted by Crippen LogP contribution is -2.29. The van der Waals surface area contributed by atoms with E-state index in [0.29, 0.717) is 0 Å². The van der Waals surface area contributed by atoms with Crippen LogP contribution in [0.5, 0.6) is 5.75 Å². The van der Waals surface area contributed by atoms with E-state index in [1.165, 1.54) is 5.56 Å². The molecule has 0 aromatic heterocycles. The highest BCUT2D eigenvalue weighted by molar-refractivity contribution is 5.28. The minimum atomic E-state index is 0.114. The Kier molecular flexibility index (Phi) is 4.73. The Labute approximate surface area is 91.6 Å². The molecule has 0 heterocycles. The molecule has 1 unspecified atom stereocenters. The van der Waals surface area contributed by atoms with Gasteiger partial charge in [-0.1, -0.05) is 25.0 Å². The molecule has 80 valence electrons. The lowest BCUT2D eigenvalue weighted by Gasteiger charge is -2.11. The van der Waals surface area contributed by atoms with Crippen molar-refractivity contribution in [3.63, 3.8) is 0 Å². The number of rotatable bonds is 5. The summed E-state index contributed by atoms with van der Waals surface area (Å²) in [5.74, 6) is 3.61. The third-order valence-corrected chi connectivity index (χ3v) is 2.25. The van der Waals surface area contributed by atoms with Crippen LogP contribution in [0.3, 0.4) is 0 Å². The van der Waals surface area contributed by atoms with Crippen molar-refractivity contribution in [2.45, 2.75) is 19.4 Å². The molecule has 2 heteroatoms. The van der Waals surface area contributed by atoms with Crippen molar-refractivity contribution < 1.29 is 4.74 Å². The van der Waals surface area contributed by atoms with E-state index in [9.17, 15) is 0 Å². The van der Waals surface area contributed by atoms with Gasteiger partial charge in [-0.05, 0) is 30.7 Å². The van der Waals surface area contributed by atoms with Crippen LogP contribution in [-0.2, 0) is 6.42 Å². The van der Waals surface area contributed by atoms with Gasteiger partial charge in [-0.3, -0.25) is 0 Å². The molecule has 1 aromatic carbocycles. The predicted octanol–water partition coefficient (Wildman–Crippen LogP) is 1.85. The molecule has 0 fully saturated rings. The quantitative estimate of drug-likeness (QED) is 0.737. The van der Waals surface area contributed by atoms with Gasteiger partial charge in [0.25, 0.3) is 0 Å². The van der Waals surface area contributed by atoms with Crippen LogP contribution in [0, 0.1) is 12.3 Å². The highest BCUT2D eigenvalue weighted by Gasteiger charge is 2.04. The van der Waals surface area contributed by atoms with Gasteiger partial charge in [0, 0.05) is 0 Å². The molecule has 0 bridgehead atoms. The Morgan fingerprint density at radius 1 is 1.40 bits per heavy atom. The van der Waals surface area contributed by atoms with Crippen LogP contribution < -0.4 is 10.1 Å². The molecule has 1 aromatic rings. The van der Waals surface area contributed by atoms with Gasteiger partial charge in [-0.25, -0.2) is 0 Å². The van der Waals surface area contributed by atoms with Crippen LogP contribution >= 0.6 is 0 Å². The summed E-state index contributed by atoms with van der Waals surface area (Å²) in [7, 11) is 1.66. The normalized spacial score (nSPS) is 11.8. The fourth-order valence-electron chi connectivity index (χ4n) is 1.43. The molecule has 0 aliphatic heterocycles. The molecule has 1 rings (SSSR count). The van der Waals surface area contributed by atoms with E-state index in [2.05, 4.69) is 18.2 Å². The Morgan fingerprint density at radius 2 is 2.07 bits per heavy atom. The lowest BCUT2D eigenvalue weighted by atomic mass is 10.1. The number of hydrogen-bond donors (Lipinski definition) is 1. The molecule has 1 N–H and O–H groups in total. The first kappa shape index (κ1) is 11.6. The fourth-order valence-corrected chi connectivity index (χ4v) is 1.43. The van der Waals surface area contributed by atoms with Crippen LogP contribution in [0.1, 0.15) is 12.5 Å². The van der Waals surface area contributed by atoms with E-state index >= 15 is 0 Å². The Balaban J connectivity index is 2.60. The van der Waals surface area contributed by atoms with Crippen molar-refractivity contribution in [2.75, 3.05) is 13.7 Å². The average molecular weight is 203 g/mol. The number of methoxy groups -OCH3 is 1. The van der Waals surface area contributed by atoms with Crippen LogP contribution in [0.4, 0.5) is 0 Å². The average Bonchev–Trinajstić information content (AvgIpc) is 2.29. The van der Waals surface area contributed by atoms with Gasteiger partial charge in [0.1, 0.15) is 5.75 Å². The maximum absolute atomic E-state index is 5.43. The molecule has 2 nitrogen and oxygen atoms in total. The van der Waals surface area contributed by atoms with Gasteiger partial charge in [0.2, 0.25) is 0 Å². The van der Waals surface area contributed by atoms with Gasteiger partial charge >= 0.3 is 0 Å². The van der Waals surface area contributed by atoms with E-state index in [4.69, 9.17) is 11.2 Å². The van der Waals surface area contributed by atoms with Crippen LogP contribution in [-0.4, -0.2) is 19.7 Å². The maximum atomic E-state index is 5.43. The summed E-state index contributed by atoms with van der Waals surface area (Å²) in [5.41, 5.74) is 1.22. The molecular formula is C13H17NO. The topological polar surface area (TPSA) is 21.3 Å². The fraction of sp³-hybridized carbons (Fsp3) is 0.385. The molecule has 1 atom stereocenters. The SMILES string of the molecule is C#CC(Cc1ccc(OC)cc1)NCC. The first-order valence-electron chi connectivity index (χ1n) is 5.12. The zero-order chi connectivity index (χ0) is 11.1. The van der Waals surface area contributed by atoms with Gasteiger partial charge in [-0.2, -0.15) is 0 Å². The number of ether oxygens (including phenoxy) is 1. The van der Waals surface area contributed by atoms with Crippen molar-refractivity contribution >= 4 is 0 Å². The minimum absolute atomic E-state index is 0.114. The van der Waals surface area contributed by atoms with Crippen molar-refractivity contribution in [3.8, 4) is 18.1 Å². The number of likely N-dealkylation sites (N-methyl/N-ethyl adjacent to an activating group) is 1. The summed E-state index contributed by atoms with van der Waals surface area (Å²) >= 11 is 0. The maximum Gasteiger partial charge on any atom is 0.118 e. The van der Waals surface area contributed by atoms with Gasteiger partial charge in [0.15, 0.2) is 0 Å². The van der Waals surface area contributed by atoms with Crippen molar-refractivity contribution in [1.82, 2.24) is 5.32 Å². The van der Waals surface area contributed by atoms with Crippen molar-refractivity contribution in [1.29, 1.82) is 0 Å². The smallest absolute Gasteiger partial charge is 0.118 e. The Bertz CT molecular complexity index is 323. The van der Waals surface area contributed by atoms with Crippen LogP contribution in [0.15, 0.2) is 24.3 Å². The summed E-state index contributed by atoms with van der Waals surface area (Å²) in [5, 5.41) is 3.24. The Morgan fingerprint density at radius 3 is 2.53 bits per heavy atom. The second-order valence-electron chi connectivity index (χ2n) is 3.33. The highest BCUT2D eigenvalue weighted by Crippen LogP contribution is 2.12. The minimum Gasteiger partial charge on any atom is -0.497 e. The summed E-state index contributed by atoms with van der Waals surface area (Å²) < 4.78 is 5.09. The number of nitrogens with one attached hydrogen (secondary N) is 1. The molecule has 0 aliphatic rings. The van der Waals surface area contributed by atoms with Crippen LogP contribution in [0.25, 0.3) is 0 Å². The van der Waals surface area contributed by atoms with Crippen molar-refractivity contribution in [2.24, 2.45) is 0 Å². The second kappa shape index (κ2) is 6.10. The molecule has 0 spiro atoms. The van der Waals surface area contributed by atoms with E-state index in [-0.39, 0.29) is 6.04 Å². The zero-order valence-electron chi connectivity index (χ0n) is 9.29. The van der Waals surface area contributed by atoms with Gasteiger partial charge in [0.05, 0.1) is 13.2 Å². The molecule has 0 saturated heterocycles. The van der Waals surface area contributed by atoms with Crippen molar-refractivity contribution in [3.05, 3.63) is 29.8 Å². The summed E-state index contributed by atoms with van der Waals surface area (Å²) in [6.45, 7) is 2.95. The summed E-state index contributed by atoms with van der Waals surface area (Å²) in [4.78, 5) is 0. The van der Waals surface area contributed by atoms with Gasteiger partial charge in [-0.15, -0.1) is 6.42 Å². The monoisotopic (exact) mass is 203 g/mol. The van der Waals surface area contributed by atoms with E-state index in [1.807, 2.05) is 24.3 Å². The first-order valence-corrected chi connectivity index (χ1v) is 5.12. The predicted molar refractivity (Wildman–Crippen MR) is 63.0 cm³/mol. The molecule has 15 heavy (non-hydrogen) atoms. The standard InChI is InChI=1S/C13H17NO/c1-4-12(14-5-2)10-11-6-8-13(15-3)9-7-11/h1,6-9,12,14H,5,10H2,2-3H3. The molecular weight excluding hydrogens is 186 g/mol. The third kappa shape index (κ3) is 3.65. The summed E-state index contributed by atoms with van der Waals surface area (Å²) in [6.07, 6.45) is 6.28. The molecule has 0 radical (unpaired) electrons. The second-order valence-corrected chi connectivity index (χ2v) is 3.33. The Hall–Kier alpha value is -1.46. The number of terminal acetylenes is 1. The largest absolute Gasteiger partial charge is 0.497 e. The zero-order valence-corrected chi connectivity index (χ0v) is 9.29. The molecule has 0 amide bonds. The lowest BCUT2D eigenvalue weighted by molar-refractivity contribution is 0.414. The first-order chi connectivity index (χ1) is 7.30. The number of benzene rings is 1. The highest BCUT2D eigenvalue weighted by atomic mass is 16.5. The third-order valence-electron chi connectivity index (χ3n) is 2.25. The van der Waals surface area contributed by atoms with E-state index in [1.54, 1.807) is 7.11 Å². The van der Waals surface area contributed by atoms with Gasteiger partial charge < -0.3 is 10.1 Å².